The third-order valence-electron chi connectivity index (χ3n) is 3.82. The topological polar surface area (TPSA) is 89.6 Å². The van der Waals surface area contributed by atoms with Gasteiger partial charge in [0, 0.05) is 12.0 Å². The zero-order valence-corrected chi connectivity index (χ0v) is 12.8. The van der Waals surface area contributed by atoms with Gasteiger partial charge < -0.3 is 15.6 Å². The van der Waals surface area contributed by atoms with Gasteiger partial charge in [-0.05, 0) is 40.0 Å². The largest absolute Gasteiger partial charge is 0.481 e. The first-order valence-electron chi connectivity index (χ1n) is 7.38. The van der Waals surface area contributed by atoms with Crippen LogP contribution < -0.4 is 5.73 Å². The Bertz CT molecular complexity index is 353. The molecule has 1 aliphatic rings. The summed E-state index contributed by atoms with van der Waals surface area (Å²) in [7, 11) is 0. The van der Waals surface area contributed by atoms with E-state index in [9.17, 15) is 9.59 Å². The molecule has 0 saturated heterocycles. The van der Waals surface area contributed by atoms with Crippen molar-refractivity contribution in [3.05, 3.63) is 0 Å². The zero-order chi connectivity index (χ0) is 15.4. The van der Waals surface area contributed by atoms with Gasteiger partial charge in [0.2, 0.25) is 0 Å². The fraction of sp³-hybridized carbons (Fsp3) is 0.867. The van der Waals surface area contributed by atoms with Gasteiger partial charge >= 0.3 is 11.9 Å². The number of esters is 1. The average Bonchev–Trinajstić information content (AvgIpc) is 2.26. The minimum absolute atomic E-state index is 0.0527. The molecule has 5 nitrogen and oxygen atoms in total. The number of hydrogen-bond donors (Lipinski definition) is 2. The highest BCUT2D eigenvalue weighted by atomic mass is 16.6. The molecule has 1 fully saturated rings. The first-order chi connectivity index (χ1) is 9.14. The number of carbonyl (C=O) groups excluding carboxylic acids is 1. The summed E-state index contributed by atoms with van der Waals surface area (Å²) in [5, 5.41) is 8.87. The Morgan fingerprint density at radius 1 is 1.25 bits per heavy atom. The maximum Gasteiger partial charge on any atom is 0.311 e. The van der Waals surface area contributed by atoms with Crippen LogP contribution in [0.25, 0.3) is 0 Å². The van der Waals surface area contributed by atoms with E-state index in [1.54, 1.807) is 0 Å². The van der Waals surface area contributed by atoms with Crippen LogP contribution >= 0.6 is 0 Å². The number of nitrogens with two attached hydrogens (primary N) is 1. The van der Waals surface area contributed by atoms with Gasteiger partial charge in [-0.3, -0.25) is 9.59 Å². The van der Waals surface area contributed by atoms with Gasteiger partial charge in [-0.25, -0.2) is 0 Å². The van der Waals surface area contributed by atoms with Gasteiger partial charge in [0.25, 0.3) is 0 Å². The summed E-state index contributed by atoms with van der Waals surface area (Å²) in [5.74, 6) is -1.79. The average molecular weight is 285 g/mol. The molecule has 0 spiro atoms. The van der Waals surface area contributed by atoms with E-state index in [-0.39, 0.29) is 18.8 Å². The quantitative estimate of drug-likeness (QED) is 0.757. The van der Waals surface area contributed by atoms with Crippen molar-refractivity contribution in [2.45, 2.75) is 76.9 Å². The highest BCUT2D eigenvalue weighted by Crippen LogP contribution is 2.36. The Morgan fingerprint density at radius 2 is 1.80 bits per heavy atom. The van der Waals surface area contributed by atoms with Gasteiger partial charge in [-0.2, -0.15) is 0 Å². The van der Waals surface area contributed by atoms with Gasteiger partial charge in [0.05, 0.1) is 5.92 Å². The highest BCUT2D eigenvalue weighted by molar-refractivity contribution is 5.76. The Hall–Kier alpha value is -1.10. The van der Waals surface area contributed by atoms with Crippen LogP contribution in [0.1, 0.15) is 65.7 Å². The van der Waals surface area contributed by atoms with E-state index >= 15 is 0 Å². The summed E-state index contributed by atoms with van der Waals surface area (Å²) in [6.45, 7) is 5.43. The minimum Gasteiger partial charge on any atom is -0.481 e. The summed E-state index contributed by atoms with van der Waals surface area (Å²) in [6.07, 6.45) is 4.82. The van der Waals surface area contributed by atoms with Crippen LogP contribution in [0, 0.1) is 5.92 Å². The monoisotopic (exact) mass is 285 g/mol. The van der Waals surface area contributed by atoms with Crippen molar-refractivity contribution in [2.24, 2.45) is 11.7 Å². The Kier molecular flexibility index (Phi) is 5.57. The van der Waals surface area contributed by atoms with Gasteiger partial charge in [-0.1, -0.05) is 19.3 Å². The van der Waals surface area contributed by atoms with Crippen LogP contribution in [0.5, 0.6) is 0 Å². The maximum absolute atomic E-state index is 12.4. The van der Waals surface area contributed by atoms with Crippen molar-refractivity contribution in [3.63, 3.8) is 0 Å². The second-order valence-electron chi connectivity index (χ2n) is 6.81. The van der Waals surface area contributed by atoms with Crippen LogP contribution in [0.2, 0.25) is 0 Å². The second-order valence-corrected chi connectivity index (χ2v) is 6.81. The fourth-order valence-electron chi connectivity index (χ4n) is 2.84. The van der Waals surface area contributed by atoms with Crippen molar-refractivity contribution < 1.29 is 19.4 Å². The smallest absolute Gasteiger partial charge is 0.311 e. The van der Waals surface area contributed by atoms with Crippen molar-refractivity contribution in [1.82, 2.24) is 0 Å². The third kappa shape index (κ3) is 5.12. The number of carboxylic acid groups (broad SMARTS) is 1. The molecule has 1 rings (SSSR count). The SMILES string of the molecule is CC(C)(C)OC(=O)C(CCC(=O)O)C1(N)CCCCC1. The molecule has 0 aromatic rings. The van der Waals surface area contributed by atoms with E-state index in [2.05, 4.69) is 0 Å². The molecular formula is C15H27NO4. The molecule has 5 heteroatoms. The molecule has 1 aliphatic carbocycles. The normalized spacial score (nSPS) is 20.2. The summed E-state index contributed by atoms with van der Waals surface area (Å²) >= 11 is 0. The summed E-state index contributed by atoms with van der Waals surface area (Å²) in [6, 6.07) is 0. The number of carbonyl (C=O) groups is 2. The number of aliphatic carboxylic acids is 1. The van der Waals surface area contributed by atoms with Gasteiger partial charge in [0.15, 0.2) is 0 Å². The minimum atomic E-state index is -0.905. The van der Waals surface area contributed by atoms with Crippen LogP contribution in [0.3, 0.4) is 0 Å². The molecule has 1 saturated carbocycles. The molecule has 20 heavy (non-hydrogen) atoms. The summed E-state index contributed by atoms with van der Waals surface area (Å²) in [5.41, 5.74) is 5.22. The van der Waals surface area contributed by atoms with Gasteiger partial charge in [0.1, 0.15) is 5.60 Å². The lowest BCUT2D eigenvalue weighted by Gasteiger charge is -2.40. The second kappa shape index (κ2) is 6.57. The lowest BCUT2D eigenvalue weighted by molar-refractivity contribution is -0.163. The van der Waals surface area contributed by atoms with Crippen LogP contribution in [0.4, 0.5) is 0 Å². The Morgan fingerprint density at radius 3 is 2.25 bits per heavy atom. The molecule has 1 unspecified atom stereocenters. The lowest BCUT2D eigenvalue weighted by atomic mass is 9.71. The highest BCUT2D eigenvalue weighted by Gasteiger charge is 2.42. The van der Waals surface area contributed by atoms with Crippen molar-refractivity contribution in [3.8, 4) is 0 Å². The van der Waals surface area contributed by atoms with E-state index in [4.69, 9.17) is 15.6 Å². The van der Waals surface area contributed by atoms with Crippen LogP contribution in [-0.2, 0) is 14.3 Å². The molecule has 116 valence electrons. The third-order valence-corrected chi connectivity index (χ3v) is 3.82. The summed E-state index contributed by atoms with van der Waals surface area (Å²) in [4.78, 5) is 23.2. The number of ether oxygens (including phenoxy) is 1. The molecule has 0 heterocycles. The van der Waals surface area contributed by atoms with Crippen LogP contribution in [0.15, 0.2) is 0 Å². The standard InChI is InChI=1S/C15H27NO4/c1-14(2,3)20-13(19)11(7-8-12(17)18)15(16)9-5-4-6-10-15/h11H,4-10,16H2,1-3H3,(H,17,18). The molecule has 1 atom stereocenters. The lowest BCUT2D eigenvalue weighted by Crippen LogP contribution is -2.53. The number of carboxylic acids is 1. The van der Waals surface area contributed by atoms with Crippen LogP contribution in [-0.4, -0.2) is 28.2 Å². The van der Waals surface area contributed by atoms with E-state index in [0.29, 0.717) is 0 Å². The molecule has 0 amide bonds. The molecular weight excluding hydrogens is 258 g/mol. The van der Waals surface area contributed by atoms with E-state index in [1.807, 2.05) is 20.8 Å². The molecule has 0 radical (unpaired) electrons. The Labute approximate surface area is 120 Å². The van der Waals surface area contributed by atoms with E-state index in [0.717, 1.165) is 32.1 Å². The molecule has 3 N–H and O–H groups in total. The summed E-state index contributed by atoms with van der Waals surface area (Å²) < 4.78 is 5.44. The first kappa shape index (κ1) is 17.0. The first-order valence-corrected chi connectivity index (χ1v) is 7.38. The molecule has 0 aliphatic heterocycles. The maximum atomic E-state index is 12.4. The molecule has 0 aromatic carbocycles. The fourth-order valence-corrected chi connectivity index (χ4v) is 2.84. The Balaban J connectivity index is 2.83. The van der Waals surface area contributed by atoms with Crippen molar-refractivity contribution >= 4 is 11.9 Å². The van der Waals surface area contributed by atoms with Gasteiger partial charge in [-0.15, -0.1) is 0 Å². The predicted octanol–water partition coefficient (Wildman–Crippen LogP) is 2.47. The molecule has 0 bridgehead atoms. The van der Waals surface area contributed by atoms with E-state index < -0.39 is 23.0 Å². The predicted molar refractivity (Wildman–Crippen MR) is 76.2 cm³/mol. The van der Waals surface area contributed by atoms with Crippen molar-refractivity contribution in [1.29, 1.82) is 0 Å². The number of hydrogen-bond acceptors (Lipinski definition) is 4. The zero-order valence-electron chi connectivity index (χ0n) is 12.8. The molecule has 0 aromatic heterocycles. The number of rotatable bonds is 5. The van der Waals surface area contributed by atoms with Crippen molar-refractivity contribution in [2.75, 3.05) is 0 Å². The van der Waals surface area contributed by atoms with E-state index in [1.165, 1.54) is 0 Å².